The Labute approximate surface area is 260 Å². The maximum Gasteiger partial charge on any atom is 0.449 e. The fourth-order valence-corrected chi connectivity index (χ4v) is 6.86. The molecule has 0 fully saturated rings. The molecular weight excluding hydrogens is 629 g/mol. The molecule has 0 saturated heterocycles. The highest BCUT2D eigenvalue weighted by Crippen LogP contribution is 2.31. The lowest BCUT2D eigenvalue weighted by Crippen LogP contribution is -2.34. The molecule has 0 saturated carbocycles. The number of sulfone groups is 1. The van der Waals surface area contributed by atoms with Crippen molar-refractivity contribution in [2.24, 2.45) is 0 Å². The van der Waals surface area contributed by atoms with E-state index in [1.165, 1.54) is 24.3 Å². The molecule has 1 aromatic heterocycles. The highest BCUT2D eigenvalue weighted by molar-refractivity contribution is 7.92. The van der Waals surface area contributed by atoms with Gasteiger partial charge in [0.05, 0.1) is 17.7 Å². The van der Waals surface area contributed by atoms with Crippen molar-refractivity contribution in [1.29, 1.82) is 0 Å². The maximum atomic E-state index is 13.2. The molecule has 8 nitrogen and oxygen atoms in total. The van der Waals surface area contributed by atoms with Crippen LogP contribution in [0.5, 0.6) is 0 Å². The SMILES string of the molecule is Cc1cc(C)c(CN(Cc2ccc(-c3cccc(S(=O)(=O)CC(=O)NS(C)(=O)=O)c3)cc2)Cc2ccc(C(F)(F)F)o2)c(C)c1. The Morgan fingerprint density at radius 1 is 0.822 bits per heavy atom. The number of alkyl halides is 3. The van der Waals surface area contributed by atoms with Crippen LogP contribution in [-0.2, 0) is 50.5 Å². The zero-order valence-electron chi connectivity index (χ0n) is 25.1. The second-order valence-electron chi connectivity index (χ2n) is 11.1. The van der Waals surface area contributed by atoms with E-state index >= 15 is 0 Å². The van der Waals surface area contributed by atoms with Gasteiger partial charge < -0.3 is 4.42 Å². The fraction of sp³-hybridized carbons (Fsp3) is 0.281. The molecule has 0 bridgehead atoms. The molecule has 1 amide bonds. The number of sulfonamides is 1. The first-order valence-electron chi connectivity index (χ1n) is 13.8. The van der Waals surface area contributed by atoms with Crippen molar-refractivity contribution in [2.75, 3.05) is 12.0 Å². The highest BCUT2D eigenvalue weighted by atomic mass is 32.2. The summed E-state index contributed by atoms with van der Waals surface area (Å²) in [4.78, 5) is 13.8. The van der Waals surface area contributed by atoms with E-state index in [1.54, 1.807) is 22.9 Å². The molecule has 45 heavy (non-hydrogen) atoms. The van der Waals surface area contributed by atoms with Crippen molar-refractivity contribution in [1.82, 2.24) is 9.62 Å². The van der Waals surface area contributed by atoms with E-state index in [0.29, 0.717) is 24.2 Å². The van der Waals surface area contributed by atoms with Crippen LogP contribution in [0.1, 0.15) is 39.3 Å². The van der Waals surface area contributed by atoms with Gasteiger partial charge in [-0.3, -0.25) is 14.4 Å². The predicted octanol–water partition coefficient (Wildman–Crippen LogP) is 5.94. The van der Waals surface area contributed by atoms with E-state index < -0.39 is 43.5 Å². The van der Waals surface area contributed by atoms with Gasteiger partial charge in [-0.15, -0.1) is 0 Å². The summed E-state index contributed by atoms with van der Waals surface area (Å²) in [5.41, 5.74) is 6.45. The summed E-state index contributed by atoms with van der Waals surface area (Å²) >= 11 is 0. The Morgan fingerprint density at radius 3 is 2.04 bits per heavy atom. The van der Waals surface area contributed by atoms with Gasteiger partial charge >= 0.3 is 6.18 Å². The average Bonchev–Trinajstić information content (AvgIpc) is 3.39. The van der Waals surface area contributed by atoms with E-state index in [9.17, 15) is 34.8 Å². The van der Waals surface area contributed by atoms with E-state index in [1.807, 2.05) is 37.8 Å². The van der Waals surface area contributed by atoms with Crippen molar-refractivity contribution >= 4 is 25.8 Å². The molecule has 0 atom stereocenters. The standard InChI is InChI=1S/C32H33F3N2O6S2/c1-21-14-22(2)29(23(3)15-21)19-37(18-27-12-13-30(43-27)32(33,34)35)17-24-8-10-25(11-9-24)26-6-5-7-28(16-26)45(41,42)20-31(38)36-44(4,39)40/h5-16H,17-20H2,1-4H3,(H,36,38). The second-order valence-corrected chi connectivity index (χ2v) is 14.8. The molecule has 0 spiro atoms. The van der Waals surface area contributed by atoms with Gasteiger partial charge in [0.1, 0.15) is 11.5 Å². The lowest BCUT2D eigenvalue weighted by atomic mass is 9.99. The van der Waals surface area contributed by atoms with Crippen molar-refractivity contribution in [3.05, 3.63) is 112 Å². The fourth-order valence-electron chi connectivity index (χ4n) is 5.11. The first kappa shape index (κ1) is 33.9. The molecule has 0 aliphatic heterocycles. The van der Waals surface area contributed by atoms with Crippen LogP contribution < -0.4 is 4.72 Å². The Bertz CT molecular complexity index is 1890. The molecule has 4 rings (SSSR count). The van der Waals surface area contributed by atoms with Crippen LogP contribution in [-0.4, -0.2) is 39.7 Å². The minimum atomic E-state index is -4.58. The summed E-state index contributed by atoms with van der Waals surface area (Å²) in [7, 11) is -8.03. The number of hydrogen-bond acceptors (Lipinski definition) is 7. The molecule has 0 unspecified atom stereocenters. The number of halogens is 3. The molecule has 4 aromatic rings. The summed E-state index contributed by atoms with van der Waals surface area (Å²) in [6.07, 6.45) is -3.82. The smallest absolute Gasteiger partial charge is 0.449 e. The molecule has 1 heterocycles. The highest BCUT2D eigenvalue weighted by Gasteiger charge is 2.35. The van der Waals surface area contributed by atoms with E-state index in [2.05, 4.69) is 12.1 Å². The quantitative estimate of drug-likeness (QED) is 0.211. The van der Waals surface area contributed by atoms with Crippen molar-refractivity contribution in [2.45, 2.75) is 51.5 Å². The number of rotatable bonds is 11. The van der Waals surface area contributed by atoms with Gasteiger partial charge in [0.15, 0.2) is 9.84 Å². The lowest BCUT2D eigenvalue weighted by Gasteiger charge is -2.24. The normalized spacial score (nSPS) is 12.4. The molecule has 0 aliphatic rings. The number of furan rings is 1. The van der Waals surface area contributed by atoms with Gasteiger partial charge in [-0.25, -0.2) is 16.8 Å². The number of hydrogen-bond donors (Lipinski definition) is 1. The largest absolute Gasteiger partial charge is 0.455 e. The van der Waals surface area contributed by atoms with Crippen molar-refractivity contribution < 1.29 is 39.2 Å². The Kier molecular flexibility index (Phi) is 9.95. The van der Waals surface area contributed by atoms with Crippen LogP contribution in [0.15, 0.2) is 82.1 Å². The predicted molar refractivity (Wildman–Crippen MR) is 164 cm³/mol. The first-order chi connectivity index (χ1) is 20.9. The minimum absolute atomic E-state index is 0.136. The van der Waals surface area contributed by atoms with Gasteiger partial charge in [0, 0.05) is 13.1 Å². The maximum absolute atomic E-state index is 13.2. The molecule has 3 aromatic carbocycles. The van der Waals surface area contributed by atoms with Crippen LogP contribution in [0.25, 0.3) is 11.1 Å². The molecule has 1 N–H and O–H groups in total. The number of benzene rings is 3. The van der Waals surface area contributed by atoms with Crippen LogP contribution in [0.2, 0.25) is 0 Å². The molecular formula is C32H33F3N2O6S2. The summed E-state index contributed by atoms with van der Waals surface area (Å²) in [5.74, 6) is -3.05. The monoisotopic (exact) mass is 662 g/mol. The zero-order chi connectivity index (χ0) is 33.2. The van der Waals surface area contributed by atoms with Crippen LogP contribution in [0.3, 0.4) is 0 Å². The number of nitrogens with one attached hydrogen (secondary N) is 1. The third-order valence-electron chi connectivity index (χ3n) is 7.05. The summed E-state index contributed by atoms with van der Waals surface area (Å²) in [6, 6.07) is 19.6. The van der Waals surface area contributed by atoms with Crippen molar-refractivity contribution in [3.63, 3.8) is 0 Å². The number of carbonyl (C=O) groups excluding carboxylic acids is 1. The average molecular weight is 663 g/mol. The number of nitrogens with zero attached hydrogens (tertiary/aromatic N) is 1. The molecule has 240 valence electrons. The van der Waals surface area contributed by atoms with E-state index in [4.69, 9.17) is 4.42 Å². The molecule has 0 radical (unpaired) electrons. The van der Waals surface area contributed by atoms with E-state index in [-0.39, 0.29) is 17.2 Å². The van der Waals surface area contributed by atoms with Gasteiger partial charge in [0.25, 0.3) is 0 Å². The topological polar surface area (TPSA) is 114 Å². The first-order valence-corrected chi connectivity index (χ1v) is 17.3. The Balaban J connectivity index is 1.56. The number of aryl methyl sites for hydroxylation is 3. The Morgan fingerprint density at radius 2 is 1.47 bits per heavy atom. The van der Waals surface area contributed by atoms with Crippen molar-refractivity contribution in [3.8, 4) is 11.1 Å². The third-order valence-corrected chi connectivity index (χ3v) is 9.26. The van der Waals surface area contributed by atoms with Gasteiger partial charge in [-0.05, 0) is 78.4 Å². The van der Waals surface area contributed by atoms with Gasteiger partial charge in [-0.2, -0.15) is 13.2 Å². The van der Waals surface area contributed by atoms with Crippen LogP contribution in [0.4, 0.5) is 13.2 Å². The summed E-state index contributed by atoms with van der Waals surface area (Å²) in [5, 5.41) is 0. The van der Waals surface area contributed by atoms with Gasteiger partial charge in [0.2, 0.25) is 21.7 Å². The zero-order valence-corrected chi connectivity index (χ0v) is 26.7. The Hall–Kier alpha value is -3.94. The van der Waals surface area contributed by atoms with Gasteiger partial charge in [-0.1, -0.05) is 54.1 Å². The molecule has 13 heteroatoms. The minimum Gasteiger partial charge on any atom is -0.455 e. The summed E-state index contributed by atoms with van der Waals surface area (Å²) < 4.78 is 94.4. The second kappa shape index (κ2) is 13.2. The summed E-state index contributed by atoms with van der Waals surface area (Å²) in [6.45, 7) is 7.00. The van der Waals surface area contributed by atoms with Crippen LogP contribution >= 0.6 is 0 Å². The third kappa shape index (κ3) is 9.28. The van der Waals surface area contributed by atoms with Crippen LogP contribution in [0, 0.1) is 20.8 Å². The van der Waals surface area contributed by atoms with E-state index in [0.717, 1.165) is 40.1 Å². The number of amides is 1. The molecule has 0 aliphatic carbocycles. The lowest BCUT2D eigenvalue weighted by molar-refractivity contribution is -0.153. The number of carbonyl (C=O) groups is 1.